The Morgan fingerprint density at radius 3 is 2.61 bits per heavy atom. The van der Waals surface area contributed by atoms with Gasteiger partial charge in [-0.05, 0) is 68.0 Å². The predicted octanol–water partition coefficient (Wildman–Crippen LogP) is 4.28. The Bertz CT molecular complexity index is 970. The molecule has 148 valence electrons. The van der Waals surface area contributed by atoms with Crippen molar-refractivity contribution in [3.63, 3.8) is 0 Å². The Labute approximate surface area is 167 Å². The first-order valence-electron chi connectivity index (χ1n) is 9.92. The van der Waals surface area contributed by atoms with E-state index in [0.29, 0.717) is 22.8 Å². The molecular weight excluding hydrogens is 370 g/mol. The Hall–Kier alpha value is -2.34. The van der Waals surface area contributed by atoms with Crippen molar-refractivity contribution in [2.24, 2.45) is 11.0 Å². The molecule has 28 heavy (non-hydrogen) atoms. The average Bonchev–Trinajstić information content (AvgIpc) is 3.01. The second-order valence-electron chi connectivity index (χ2n) is 7.78. The van der Waals surface area contributed by atoms with E-state index in [0.717, 1.165) is 25.1 Å². The van der Waals surface area contributed by atoms with Gasteiger partial charge in [0.25, 0.3) is 0 Å². The number of likely N-dealkylation sites (N-methyl/N-ethyl adjacent to an activating group) is 1. The summed E-state index contributed by atoms with van der Waals surface area (Å²) in [6.07, 6.45) is 6.69. The van der Waals surface area contributed by atoms with Crippen LogP contribution in [-0.4, -0.2) is 33.5 Å². The molecule has 0 bridgehead atoms. The minimum absolute atomic E-state index is 0.320. The summed E-state index contributed by atoms with van der Waals surface area (Å²) in [7, 11) is -3.17. The molecule has 6 heteroatoms. The van der Waals surface area contributed by atoms with Crippen LogP contribution in [0.3, 0.4) is 0 Å². The standard InChI is InChI=1S/C22H27N3O2S/c1-3-25-21-7-5-4-6-19(21)20-14-16(8-13-22(20)25)15-23-24-17-9-11-18(12-10-17)28(2,26)27/h4-7,9-12,15-16,20,22,24H,3,8,13-14H2,1-2H3/b23-15+. The highest BCUT2D eigenvalue weighted by molar-refractivity contribution is 7.90. The first-order chi connectivity index (χ1) is 13.5. The number of benzene rings is 2. The summed E-state index contributed by atoms with van der Waals surface area (Å²) < 4.78 is 23.1. The first kappa shape index (κ1) is 19.0. The van der Waals surface area contributed by atoms with E-state index >= 15 is 0 Å². The van der Waals surface area contributed by atoms with Crippen LogP contribution in [-0.2, 0) is 9.84 Å². The van der Waals surface area contributed by atoms with Crippen molar-refractivity contribution >= 4 is 27.4 Å². The minimum Gasteiger partial charge on any atom is -0.368 e. The number of anilines is 2. The number of nitrogens with one attached hydrogen (secondary N) is 1. The zero-order valence-corrected chi connectivity index (χ0v) is 17.2. The van der Waals surface area contributed by atoms with Crippen molar-refractivity contribution < 1.29 is 8.42 Å². The molecule has 0 aromatic heterocycles. The maximum Gasteiger partial charge on any atom is 0.175 e. The molecule has 1 aliphatic heterocycles. The summed E-state index contributed by atoms with van der Waals surface area (Å²) in [4.78, 5) is 2.88. The largest absolute Gasteiger partial charge is 0.368 e. The lowest BCUT2D eigenvalue weighted by Gasteiger charge is -2.35. The van der Waals surface area contributed by atoms with E-state index in [1.165, 1.54) is 23.9 Å². The van der Waals surface area contributed by atoms with Gasteiger partial charge in [0.05, 0.1) is 10.6 Å². The van der Waals surface area contributed by atoms with E-state index in [-0.39, 0.29) is 0 Å². The van der Waals surface area contributed by atoms with Crippen molar-refractivity contribution in [2.45, 2.75) is 43.0 Å². The second-order valence-corrected chi connectivity index (χ2v) is 9.79. The minimum atomic E-state index is -3.17. The number of hydrazone groups is 1. The fraction of sp³-hybridized carbons (Fsp3) is 0.409. The van der Waals surface area contributed by atoms with Crippen molar-refractivity contribution in [3.8, 4) is 0 Å². The van der Waals surface area contributed by atoms with Crippen LogP contribution in [0.15, 0.2) is 58.5 Å². The molecular formula is C22H27N3O2S. The molecule has 2 aliphatic rings. The third-order valence-electron chi connectivity index (χ3n) is 6.00. The van der Waals surface area contributed by atoms with Gasteiger partial charge in [-0.2, -0.15) is 5.10 Å². The molecule has 1 fully saturated rings. The van der Waals surface area contributed by atoms with Gasteiger partial charge in [0.2, 0.25) is 0 Å². The molecule has 2 aromatic carbocycles. The van der Waals surface area contributed by atoms with Gasteiger partial charge < -0.3 is 4.90 Å². The Balaban J connectivity index is 1.41. The molecule has 0 saturated heterocycles. The van der Waals surface area contributed by atoms with Crippen molar-refractivity contribution in [3.05, 3.63) is 54.1 Å². The van der Waals surface area contributed by atoms with Crippen LogP contribution in [0.1, 0.15) is 37.7 Å². The predicted molar refractivity (Wildman–Crippen MR) is 115 cm³/mol. The van der Waals surface area contributed by atoms with Crippen LogP contribution in [0, 0.1) is 5.92 Å². The topological polar surface area (TPSA) is 61.8 Å². The first-order valence-corrected chi connectivity index (χ1v) is 11.8. The lowest BCUT2D eigenvalue weighted by molar-refractivity contribution is 0.350. The number of fused-ring (bicyclic) bond motifs is 3. The summed E-state index contributed by atoms with van der Waals surface area (Å²) in [5.41, 5.74) is 6.71. The van der Waals surface area contributed by atoms with E-state index in [1.54, 1.807) is 24.3 Å². The average molecular weight is 398 g/mol. The van der Waals surface area contributed by atoms with Gasteiger partial charge in [-0.25, -0.2) is 8.42 Å². The molecule has 0 amide bonds. The molecule has 5 nitrogen and oxygen atoms in total. The van der Waals surface area contributed by atoms with Crippen LogP contribution in [0.2, 0.25) is 0 Å². The van der Waals surface area contributed by atoms with Crippen LogP contribution >= 0.6 is 0 Å². The lowest BCUT2D eigenvalue weighted by atomic mass is 9.77. The highest BCUT2D eigenvalue weighted by Gasteiger charge is 2.41. The summed E-state index contributed by atoms with van der Waals surface area (Å²) >= 11 is 0. The normalized spacial score (nSPS) is 24.2. The highest BCUT2D eigenvalue weighted by atomic mass is 32.2. The summed E-state index contributed by atoms with van der Waals surface area (Å²) in [5, 5.41) is 4.43. The summed E-state index contributed by atoms with van der Waals surface area (Å²) in [6, 6.07) is 16.1. The van der Waals surface area contributed by atoms with Gasteiger partial charge in [-0.15, -0.1) is 0 Å². The van der Waals surface area contributed by atoms with E-state index in [2.05, 4.69) is 46.6 Å². The van der Waals surface area contributed by atoms with Crippen LogP contribution in [0.5, 0.6) is 0 Å². The van der Waals surface area contributed by atoms with E-state index in [9.17, 15) is 8.42 Å². The molecule has 2 aromatic rings. The number of para-hydroxylation sites is 1. The molecule has 0 spiro atoms. The number of hydrogen-bond donors (Lipinski definition) is 1. The second kappa shape index (κ2) is 7.59. The van der Waals surface area contributed by atoms with Crippen molar-refractivity contribution in [2.75, 3.05) is 23.1 Å². The van der Waals surface area contributed by atoms with Gasteiger partial charge >= 0.3 is 0 Å². The molecule has 3 atom stereocenters. The fourth-order valence-electron chi connectivity index (χ4n) is 4.67. The third kappa shape index (κ3) is 3.65. The highest BCUT2D eigenvalue weighted by Crippen LogP contribution is 2.48. The molecule has 0 radical (unpaired) electrons. The molecule has 1 heterocycles. The van der Waals surface area contributed by atoms with Gasteiger partial charge in [0, 0.05) is 36.7 Å². The van der Waals surface area contributed by atoms with Crippen LogP contribution in [0.4, 0.5) is 11.4 Å². The van der Waals surface area contributed by atoms with Gasteiger partial charge in [-0.1, -0.05) is 18.2 Å². The lowest BCUT2D eigenvalue weighted by Crippen LogP contribution is -2.37. The maximum atomic E-state index is 11.5. The van der Waals surface area contributed by atoms with Gasteiger partial charge in [0.15, 0.2) is 9.84 Å². The maximum absolute atomic E-state index is 11.5. The van der Waals surface area contributed by atoms with Gasteiger partial charge in [-0.3, -0.25) is 5.43 Å². The number of nitrogens with zero attached hydrogens (tertiary/aromatic N) is 2. The fourth-order valence-corrected chi connectivity index (χ4v) is 5.30. The van der Waals surface area contributed by atoms with Crippen LogP contribution < -0.4 is 10.3 Å². The molecule has 4 rings (SSSR count). The molecule has 1 saturated carbocycles. The van der Waals surface area contributed by atoms with Crippen molar-refractivity contribution in [1.29, 1.82) is 0 Å². The summed E-state index contributed by atoms with van der Waals surface area (Å²) in [5.74, 6) is 1.03. The number of rotatable bonds is 5. The Morgan fingerprint density at radius 2 is 1.89 bits per heavy atom. The summed E-state index contributed by atoms with van der Waals surface area (Å²) in [6.45, 7) is 3.30. The van der Waals surface area contributed by atoms with Crippen molar-refractivity contribution in [1.82, 2.24) is 0 Å². The zero-order chi connectivity index (χ0) is 19.7. The molecule has 3 unspecified atom stereocenters. The third-order valence-corrected chi connectivity index (χ3v) is 7.13. The van der Waals surface area contributed by atoms with E-state index < -0.39 is 9.84 Å². The Morgan fingerprint density at radius 1 is 1.14 bits per heavy atom. The van der Waals surface area contributed by atoms with E-state index in [1.807, 2.05) is 6.21 Å². The SMILES string of the molecule is CCN1c2ccccc2C2CC(/C=N/Nc3ccc(S(C)(=O)=O)cc3)CCC21. The zero-order valence-electron chi connectivity index (χ0n) is 16.4. The Kier molecular flexibility index (Phi) is 5.15. The number of hydrogen-bond acceptors (Lipinski definition) is 5. The monoisotopic (exact) mass is 397 g/mol. The quantitative estimate of drug-likeness (QED) is 0.604. The molecule has 1 aliphatic carbocycles. The molecule has 1 N–H and O–H groups in total. The van der Waals surface area contributed by atoms with Crippen LogP contribution in [0.25, 0.3) is 0 Å². The smallest absolute Gasteiger partial charge is 0.175 e. The van der Waals surface area contributed by atoms with Gasteiger partial charge in [0.1, 0.15) is 0 Å². The van der Waals surface area contributed by atoms with E-state index in [4.69, 9.17) is 0 Å². The number of sulfone groups is 1.